The van der Waals surface area contributed by atoms with Crippen LogP contribution in [0, 0.1) is 0 Å². The summed E-state index contributed by atoms with van der Waals surface area (Å²) in [4.78, 5) is 34.7. The molecule has 2 aliphatic rings. The first-order valence-corrected chi connectivity index (χ1v) is 15.2. The van der Waals surface area contributed by atoms with Crippen LogP contribution in [-0.2, 0) is 22.6 Å². The lowest BCUT2D eigenvalue weighted by molar-refractivity contribution is -0.129. The number of carbonyl (C=O) groups is 2. The van der Waals surface area contributed by atoms with Crippen molar-refractivity contribution in [2.45, 2.75) is 57.2 Å². The number of hydrogen-bond acceptors (Lipinski definition) is 4. The molecule has 2 aromatic carbocycles. The van der Waals surface area contributed by atoms with Crippen molar-refractivity contribution >= 4 is 57.5 Å². The lowest BCUT2D eigenvalue weighted by Gasteiger charge is -2.40. The van der Waals surface area contributed by atoms with Gasteiger partial charge in [0.25, 0.3) is 0 Å². The molecule has 0 aliphatic carbocycles. The standard InChI is InChI=1S/C30H36Cl3N5O2/c31-24-14-20(15-25(32)29(24)33)17-35-30(40)27(16-21-18-34-26-7-3-2-6-23(21)26)36-28(39)19-37-12-8-22(9-13-37)38-10-4-1-5-11-38/h2-3,6-7,14-15,18,22,27,34H,1,4-5,8-13,16-17,19H2,(H,35,40)(H,36,39). The molecule has 2 aliphatic heterocycles. The molecule has 10 heteroatoms. The zero-order chi connectivity index (χ0) is 28.1. The fourth-order valence-corrected chi connectivity index (χ4v) is 6.56. The fourth-order valence-electron chi connectivity index (χ4n) is 5.92. The maximum Gasteiger partial charge on any atom is 0.243 e. The van der Waals surface area contributed by atoms with Gasteiger partial charge in [0.15, 0.2) is 0 Å². The summed E-state index contributed by atoms with van der Waals surface area (Å²) < 4.78 is 0. The second kappa shape index (κ2) is 13.6. The highest BCUT2D eigenvalue weighted by Gasteiger charge is 2.28. The highest BCUT2D eigenvalue weighted by atomic mass is 35.5. The summed E-state index contributed by atoms with van der Waals surface area (Å²) in [5.74, 6) is -0.418. The van der Waals surface area contributed by atoms with E-state index in [0.717, 1.165) is 48.0 Å². The number of nitrogens with zero attached hydrogens (tertiary/aromatic N) is 2. The van der Waals surface area contributed by atoms with Crippen LogP contribution < -0.4 is 10.6 Å². The predicted octanol–water partition coefficient (Wildman–Crippen LogP) is 5.42. The Morgan fingerprint density at radius 1 is 0.975 bits per heavy atom. The molecule has 2 fully saturated rings. The Morgan fingerprint density at radius 2 is 1.68 bits per heavy atom. The van der Waals surface area contributed by atoms with Gasteiger partial charge in [-0.3, -0.25) is 14.5 Å². The van der Waals surface area contributed by atoms with Gasteiger partial charge in [0, 0.05) is 49.2 Å². The molecule has 2 amide bonds. The van der Waals surface area contributed by atoms with E-state index in [0.29, 0.717) is 22.5 Å². The van der Waals surface area contributed by atoms with E-state index in [1.165, 1.54) is 32.4 Å². The van der Waals surface area contributed by atoms with E-state index in [2.05, 4.69) is 25.4 Å². The Bertz CT molecular complexity index is 1310. The van der Waals surface area contributed by atoms with Gasteiger partial charge in [-0.05, 0) is 68.1 Å². The minimum atomic E-state index is -0.740. The lowest BCUT2D eigenvalue weighted by Crippen LogP contribution is -2.52. The molecular formula is C30H36Cl3N5O2. The zero-order valence-electron chi connectivity index (χ0n) is 22.5. The van der Waals surface area contributed by atoms with E-state index in [4.69, 9.17) is 34.8 Å². The monoisotopic (exact) mass is 603 g/mol. The van der Waals surface area contributed by atoms with Crippen molar-refractivity contribution in [2.24, 2.45) is 0 Å². The normalized spacial score (nSPS) is 18.1. The second-order valence-electron chi connectivity index (χ2n) is 10.9. The van der Waals surface area contributed by atoms with Crippen molar-refractivity contribution in [2.75, 3.05) is 32.7 Å². The number of nitrogens with one attached hydrogen (secondary N) is 3. The molecule has 3 N–H and O–H groups in total. The van der Waals surface area contributed by atoms with Crippen LogP contribution in [0.5, 0.6) is 0 Å². The van der Waals surface area contributed by atoms with E-state index in [9.17, 15) is 9.59 Å². The number of benzene rings is 2. The van der Waals surface area contributed by atoms with Gasteiger partial charge in [-0.2, -0.15) is 0 Å². The Balaban J connectivity index is 1.22. The number of para-hydroxylation sites is 1. The highest BCUT2D eigenvalue weighted by molar-refractivity contribution is 6.48. The van der Waals surface area contributed by atoms with Crippen molar-refractivity contribution in [1.82, 2.24) is 25.4 Å². The van der Waals surface area contributed by atoms with Gasteiger partial charge >= 0.3 is 0 Å². The fraction of sp³-hybridized carbons (Fsp3) is 0.467. The van der Waals surface area contributed by atoms with Crippen LogP contribution in [-0.4, -0.2) is 71.4 Å². The van der Waals surface area contributed by atoms with Crippen LogP contribution in [0.3, 0.4) is 0 Å². The van der Waals surface area contributed by atoms with Crippen LogP contribution in [0.4, 0.5) is 0 Å². The molecule has 214 valence electrons. The summed E-state index contributed by atoms with van der Waals surface area (Å²) in [7, 11) is 0. The maximum absolute atomic E-state index is 13.4. The molecule has 0 saturated carbocycles. The molecule has 40 heavy (non-hydrogen) atoms. The molecule has 2 saturated heterocycles. The van der Waals surface area contributed by atoms with Crippen molar-refractivity contribution in [1.29, 1.82) is 0 Å². The lowest BCUT2D eigenvalue weighted by atomic mass is 10.00. The smallest absolute Gasteiger partial charge is 0.243 e. The summed E-state index contributed by atoms with van der Waals surface area (Å²) in [6.45, 7) is 4.68. The largest absolute Gasteiger partial charge is 0.361 e. The molecule has 1 aromatic heterocycles. The average molecular weight is 605 g/mol. The first-order valence-electron chi connectivity index (χ1n) is 14.1. The van der Waals surface area contributed by atoms with Gasteiger partial charge in [-0.25, -0.2) is 0 Å². The number of aromatic amines is 1. The SMILES string of the molecule is O=C(CN1CCC(N2CCCCC2)CC1)NC(Cc1c[nH]c2ccccc12)C(=O)NCc1cc(Cl)c(Cl)c(Cl)c1. The van der Waals surface area contributed by atoms with Crippen molar-refractivity contribution in [3.8, 4) is 0 Å². The number of aromatic nitrogens is 1. The first-order chi connectivity index (χ1) is 19.4. The zero-order valence-corrected chi connectivity index (χ0v) is 24.8. The Labute approximate surface area is 250 Å². The molecule has 7 nitrogen and oxygen atoms in total. The summed E-state index contributed by atoms with van der Waals surface area (Å²) in [5.41, 5.74) is 2.68. The van der Waals surface area contributed by atoms with Crippen LogP contribution in [0.2, 0.25) is 15.1 Å². The molecule has 3 heterocycles. The van der Waals surface area contributed by atoms with Gasteiger partial charge in [-0.15, -0.1) is 0 Å². The van der Waals surface area contributed by atoms with Gasteiger partial charge < -0.3 is 20.5 Å². The van der Waals surface area contributed by atoms with Crippen LogP contribution in [0.25, 0.3) is 10.9 Å². The number of amides is 2. The molecule has 0 spiro atoms. The maximum atomic E-state index is 13.4. The van der Waals surface area contributed by atoms with E-state index < -0.39 is 6.04 Å². The van der Waals surface area contributed by atoms with E-state index in [1.54, 1.807) is 12.1 Å². The van der Waals surface area contributed by atoms with Gasteiger partial charge in [-0.1, -0.05) is 59.4 Å². The molecule has 1 atom stereocenters. The van der Waals surface area contributed by atoms with Crippen molar-refractivity contribution in [3.63, 3.8) is 0 Å². The molecular weight excluding hydrogens is 569 g/mol. The second-order valence-corrected chi connectivity index (χ2v) is 12.1. The summed E-state index contributed by atoms with van der Waals surface area (Å²) in [6, 6.07) is 11.2. The van der Waals surface area contributed by atoms with E-state index in [1.807, 2.05) is 30.5 Å². The number of carbonyl (C=O) groups excluding carboxylic acids is 2. The van der Waals surface area contributed by atoms with Crippen molar-refractivity contribution < 1.29 is 9.59 Å². The van der Waals surface area contributed by atoms with Crippen LogP contribution in [0.1, 0.15) is 43.2 Å². The molecule has 0 radical (unpaired) electrons. The molecule has 3 aromatic rings. The summed E-state index contributed by atoms with van der Waals surface area (Å²) >= 11 is 18.4. The number of likely N-dealkylation sites (tertiary alicyclic amines) is 2. The first kappa shape index (κ1) is 29.2. The third-order valence-corrected chi connectivity index (χ3v) is 9.29. The summed E-state index contributed by atoms with van der Waals surface area (Å²) in [5, 5.41) is 7.92. The number of halogens is 3. The molecule has 1 unspecified atom stereocenters. The van der Waals surface area contributed by atoms with E-state index in [-0.39, 0.29) is 29.9 Å². The number of H-pyrrole nitrogens is 1. The predicted molar refractivity (Wildman–Crippen MR) is 162 cm³/mol. The molecule has 0 bridgehead atoms. The topological polar surface area (TPSA) is 80.5 Å². The minimum Gasteiger partial charge on any atom is -0.361 e. The van der Waals surface area contributed by atoms with Gasteiger partial charge in [0.1, 0.15) is 6.04 Å². The highest BCUT2D eigenvalue weighted by Crippen LogP contribution is 2.31. The third-order valence-electron chi connectivity index (χ3n) is 8.09. The number of rotatable bonds is 9. The third kappa shape index (κ3) is 7.31. The van der Waals surface area contributed by atoms with Crippen LogP contribution in [0.15, 0.2) is 42.6 Å². The van der Waals surface area contributed by atoms with Gasteiger partial charge in [0.2, 0.25) is 11.8 Å². The van der Waals surface area contributed by atoms with Gasteiger partial charge in [0.05, 0.1) is 21.6 Å². The van der Waals surface area contributed by atoms with Crippen LogP contribution >= 0.6 is 34.8 Å². The van der Waals surface area contributed by atoms with Crippen molar-refractivity contribution in [3.05, 3.63) is 68.8 Å². The Hall–Kier alpha value is -2.29. The Kier molecular flexibility index (Phi) is 9.92. The quantitative estimate of drug-likeness (QED) is 0.285. The number of fused-ring (bicyclic) bond motifs is 1. The summed E-state index contributed by atoms with van der Waals surface area (Å²) in [6.07, 6.45) is 8.35. The Morgan fingerprint density at radius 3 is 2.40 bits per heavy atom. The number of hydrogen-bond donors (Lipinski definition) is 3. The molecule has 5 rings (SSSR count). The average Bonchev–Trinajstić information content (AvgIpc) is 3.37. The minimum absolute atomic E-state index is 0.144. The number of piperidine rings is 2. The van der Waals surface area contributed by atoms with E-state index >= 15 is 0 Å².